The second kappa shape index (κ2) is 7.40. The number of carbonyl (C=O) groups excluding carboxylic acids is 1. The van der Waals surface area contributed by atoms with Crippen LogP contribution >= 0.6 is 0 Å². The molecule has 0 heterocycles. The van der Waals surface area contributed by atoms with E-state index in [1.165, 1.54) is 0 Å². The predicted octanol–water partition coefficient (Wildman–Crippen LogP) is -4.10. The first-order valence-electron chi connectivity index (χ1n) is 4.05. The van der Waals surface area contributed by atoms with Crippen molar-refractivity contribution in [2.45, 2.75) is 38.9 Å². The summed E-state index contributed by atoms with van der Waals surface area (Å²) in [6, 6.07) is 0. The predicted molar refractivity (Wildman–Crippen MR) is 41.1 cm³/mol. The van der Waals surface area contributed by atoms with Crippen LogP contribution in [0.15, 0.2) is 0 Å². The largest absolute Gasteiger partial charge is 1.00 e. The van der Waals surface area contributed by atoms with Gasteiger partial charge in [0.05, 0.1) is 12.2 Å². The number of hydrogen-bond donors (Lipinski definition) is 2. The minimum atomic E-state index is -1.29. The van der Waals surface area contributed by atoms with Crippen molar-refractivity contribution in [2.24, 2.45) is 5.92 Å². The van der Waals surface area contributed by atoms with E-state index in [4.69, 9.17) is 0 Å². The Morgan fingerprint density at radius 1 is 1.38 bits per heavy atom. The monoisotopic (exact) mass is 182 g/mol. The maximum absolute atomic E-state index is 10.1. The Bertz CT molecular complexity index is 151. The van der Waals surface area contributed by atoms with E-state index in [2.05, 4.69) is 0 Å². The van der Waals surface area contributed by atoms with Gasteiger partial charge in [-0.3, -0.25) is 0 Å². The molecule has 4 nitrogen and oxygen atoms in total. The zero-order valence-electron chi connectivity index (χ0n) is 8.36. The number of aliphatic carboxylic acids is 1. The van der Waals surface area contributed by atoms with Gasteiger partial charge >= 0.3 is 18.9 Å². The summed E-state index contributed by atoms with van der Waals surface area (Å²) in [6.45, 7) is 3.38. The van der Waals surface area contributed by atoms with Gasteiger partial charge in [-0.25, -0.2) is 0 Å². The fraction of sp³-hybridized carbons (Fsp3) is 0.875. The third-order valence-corrected chi connectivity index (χ3v) is 2.01. The molecule has 0 rings (SSSR count). The first-order valence-corrected chi connectivity index (χ1v) is 4.05. The van der Waals surface area contributed by atoms with Gasteiger partial charge in [-0.1, -0.05) is 13.8 Å². The van der Waals surface area contributed by atoms with Crippen molar-refractivity contribution in [2.75, 3.05) is 0 Å². The van der Waals surface area contributed by atoms with Gasteiger partial charge in [-0.05, 0) is 6.42 Å². The van der Waals surface area contributed by atoms with E-state index in [-0.39, 0.29) is 18.9 Å². The van der Waals surface area contributed by atoms with Crippen molar-refractivity contribution in [1.29, 1.82) is 0 Å². The van der Waals surface area contributed by atoms with E-state index in [1.54, 1.807) is 13.8 Å². The minimum Gasteiger partial charge on any atom is -0.550 e. The van der Waals surface area contributed by atoms with Crippen LogP contribution in [0.2, 0.25) is 0 Å². The Morgan fingerprint density at radius 2 is 1.85 bits per heavy atom. The fourth-order valence-corrected chi connectivity index (χ4v) is 0.985. The molecule has 0 bridgehead atoms. The number of aliphatic hydroxyl groups excluding tert-OH is 2. The Morgan fingerprint density at radius 3 is 2.15 bits per heavy atom. The van der Waals surface area contributed by atoms with Crippen LogP contribution in [0.4, 0.5) is 0 Å². The number of rotatable bonds is 5. The van der Waals surface area contributed by atoms with Crippen LogP contribution in [0.3, 0.4) is 0 Å². The topological polar surface area (TPSA) is 80.6 Å². The van der Waals surface area contributed by atoms with Crippen LogP contribution in [0.5, 0.6) is 0 Å². The minimum absolute atomic E-state index is 0. The van der Waals surface area contributed by atoms with E-state index >= 15 is 0 Å². The van der Waals surface area contributed by atoms with Gasteiger partial charge in [0.25, 0.3) is 0 Å². The SMILES string of the molecule is CC[C@@H](O)[C@H](C)[C@H](O)CC(=O)[O-].[Li+]. The molecule has 3 atom stereocenters. The molecule has 0 aliphatic rings. The number of carbonyl (C=O) groups is 1. The molecule has 0 aromatic carbocycles. The average Bonchev–Trinajstić information content (AvgIpc) is 2.00. The molecule has 0 aliphatic carbocycles. The fourth-order valence-electron chi connectivity index (χ4n) is 0.985. The normalized spacial score (nSPS) is 16.9. The standard InChI is InChI=1S/C8H16O4.Li/c1-3-6(9)5(2)7(10)4-8(11)12;/h5-7,9-10H,3-4H2,1-2H3,(H,11,12);/q;+1/p-1/t5-,6+,7+;/m0./s1. The number of hydrogen-bond acceptors (Lipinski definition) is 4. The number of carboxylic acid groups (broad SMARTS) is 1. The molecule has 0 aliphatic heterocycles. The molecule has 0 spiro atoms. The van der Waals surface area contributed by atoms with Crippen LogP contribution in [-0.4, -0.2) is 28.4 Å². The molecule has 72 valence electrons. The summed E-state index contributed by atoms with van der Waals surface area (Å²) in [5.41, 5.74) is 0. The Hall–Kier alpha value is -0.0126. The van der Waals surface area contributed by atoms with Crippen LogP contribution in [0.25, 0.3) is 0 Å². The summed E-state index contributed by atoms with van der Waals surface area (Å²) in [5, 5.41) is 28.5. The molecule has 0 saturated carbocycles. The smallest absolute Gasteiger partial charge is 0.550 e. The molecule has 0 saturated heterocycles. The summed E-state index contributed by atoms with van der Waals surface area (Å²) in [6.07, 6.45) is -1.59. The van der Waals surface area contributed by atoms with Gasteiger partial charge in [0.2, 0.25) is 0 Å². The molecule has 0 amide bonds. The van der Waals surface area contributed by atoms with Crippen LogP contribution < -0.4 is 24.0 Å². The third kappa shape index (κ3) is 6.11. The first kappa shape index (κ1) is 15.5. The van der Waals surface area contributed by atoms with Crippen molar-refractivity contribution in [3.8, 4) is 0 Å². The number of aliphatic hydroxyl groups is 2. The zero-order valence-corrected chi connectivity index (χ0v) is 8.36. The second-order valence-electron chi connectivity index (χ2n) is 2.98. The van der Waals surface area contributed by atoms with Crippen molar-refractivity contribution in [3.05, 3.63) is 0 Å². The van der Waals surface area contributed by atoms with E-state index in [9.17, 15) is 20.1 Å². The summed E-state index contributed by atoms with van der Waals surface area (Å²) < 4.78 is 0. The first-order chi connectivity index (χ1) is 5.49. The van der Waals surface area contributed by atoms with E-state index in [0.29, 0.717) is 6.42 Å². The third-order valence-electron chi connectivity index (χ3n) is 2.01. The van der Waals surface area contributed by atoms with Crippen molar-refractivity contribution < 1.29 is 39.0 Å². The quantitative estimate of drug-likeness (QED) is 0.423. The molecular weight excluding hydrogens is 167 g/mol. The molecule has 0 aromatic rings. The van der Waals surface area contributed by atoms with E-state index in [0.717, 1.165) is 0 Å². The van der Waals surface area contributed by atoms with Crippen LogP contribution in [-0.2, 0) is 4.79 Å². The zero-order chi connectivity index (χ0) is 9.72. The Kier molecular flexibility index (Phi) is 8.80. The number of carboxylic acids is 1. The van der Waals surface area contributed by atoms with Crippen LogP contribution in [0.1, 0.15) is 26.7 Å². The van der Waals surface area contributed by atoms with E-state index in [1.807, 2.05) is 0 Å². The van der Waals surface area contributed by atoms with Gasteiger partial charge in [0.15, 0.2) is 0 Å². The summed E-state index contributed by atoms with van der Waals surface area (Å²) >= 11 is 0. The second-order valence-corrected chi connectivity index (χ2v) is 2.98. The molecule has 0 aromatic heterocycles. The van der Waals surface area contributed by atoms with Gasteiger partial charge in [0.1, 0.15) is 0 Å². The van der Waals surface area contributed by atoms with Gasteiger partial charge in [0, 0.05) is 18.3 Å². The molecular formula is C8H15LiO4. The summed E-state index contributed by atoms with van der Waals surface area (Å²) in [5.74, 6) is -1.72. The summed E-state index contributed by atoms with van der Waals surface area (Å²) in [4.78, 5) is 10.1. The average molecular weight is 182 g/mol. The van der Waals surface area contributed by atoms with Crippen molar-refractivity contribution >= 4 is 5.97 Å². The van der Waals surface area contributed by atoms with Crippen molar-refractivity contribution in [3.63, 3.8) is 0 Å². The van der Waals surface area contributed by atoms with Gasteiger partial charge in [-0.15, -0.1) is 0 Å². The summed E-state index contributed by atoms with van der Waals surface area (Å²) in [7, 11) is 0. The molecule has 0 radical (unpaired) electrons. The molecule has 0 fully saturated rings. The maximum atomic E-state index is 10.1. The molecule has 2 N–H and O–H groups in total. The van der Waals surface area contributed by atoms with Gasteiger partial charge in [-0.2, -0.15) is 0 Å². The Labute approximate surface area is 90.1 Å². The van der Waals surface area contributed by atoms with Crippen molar-refractivity contribution in [1.82, 2.24) is 0 Å². The Balaban J connectivity index is 0. The van der Waals surface area contributed by atoms with E-state index < -0.39 is 30.5 Å². The van der Waals surface area contributed by atoms with Gasteiger partial charge < -0.3 is 20.1 Å². The molecule has 13 heavy (non-hydrogen) atoms. The maximum Gasteiger partial charge on any atom is 1.00 e. The molecule has 0 unspecified atom stereocenters. The van der Waals surface area contributed by atoms with Crippen LogP contribution in [0, 0.1) is 5.92 Å². The molecule has 5 heteroatoms.